The van der Waals surface area contributed by atoms with Crippen LogP contribution in [0.1, 0.15) is 26.3 Å². The molecule has 170 valence electrons. The van der Waals surface area contributed by atoms with Gasteiger partial charge in [-0.25, -0.2) is 4.79 Å². The summed E-state index contributed by atoms with van der Waals surface area (Å²) in [6, 6.07) is 31.7. The molecule has 0 unspecified atom stereocenters. The van der Waals surface area contributed by atoms with Gasteiger partial charge < -0.3 is 10.1 Å². The monoisotopic (exact) mass is 458 g/mol. The average Bonchev–Trinajstić information content (AvgIpc) is 2.89. The Labute approximate surface area is 203 Å². The van der Waals surface area contributed by atoms with Crippen molar-refractivity contribution in [2.45, 2.75) is 6.92 Å². The minimum absolute atomic E-state index is 0.202. The number of aryl methyl sites for hydroxylation is 1. The number of carbonyl (C=O) groups excluding carboxylic acids is 2. The third kappa shape index (κ3) is 4.66. The molecule has 0 bridgehead atoms. The smallest absolute Gasteiger partial charge is 0.343 e. The van der Waals surface area contributed by atoms with E-state index in [0.717, 1.165) is 16.5 Å². The molecule has 0 aliphatic rings. The second-order valence-electron chi connectivity index (χ2n) is 8.12. The zero-order valence-electron chi connectivity index (χ0n) is 19.1. The second-order valence-corrected chi connectivity index (χ2v) is 8.12. The molecule has 0 spiro atoms. The van der Waals surface area contributed by atoms with E-state index < -0.39 is 5.97 Å². The van der Waals surface area contributed by atoms with E-state index in [9.17, 15) is 9.59 Å². The fourth-order valence-corrected chi connectivity index (χ4v) is 3.99. The topological polar surface area (TPSA) is 68.3 Å². The lowest BCUT2D eigenvalue weighted by Crippen LogP contribution is -2.17. The van der Waals surface area contributed by atoms with Gasteiger partial charge in [-0.2, -0.15) is 0 Å². The van der Waals surface area contributed by atoms with Crippen molar-refractivity contribution in [3.05, 3.63) is 126 Å². The van der Waals surface area contributed by atoms with Crippen LogP contribution in [0.5, 0.6) is 5.75 Å². The van der Waals surface area contributed by atoms with Crippen molar-refractivity contribution in [1.29, 1.82) is 0 Å². The zero-order chi connectivity index (χ0) is 24.2. The lowest BCUT2D eigenvalue weighted by Gasteiger charge is -2.14. The minimum atomic E-state index is -0.531. The Morgan fingerprint density at radius 3 is 2.26 bits per heavy atom. The fraction of sp³-hybridized carbons (Fsp3) is 0.0333. The zero-order valence-corrected chi connectivity index (χ0v) is 19.1. The van der Waals surface area contributed by atoms with Crippen LogP contribution in [0.4, 0.5) is 5.69 Å². The van der Waals surface area contributed by atoms with Crippen molar-refractivity contribution in [1.82, 2.24) is 4.98 Å². The van der Waals surface area contributed by atoms with E-state index >= 15 is 0 Å². The Balaban J connectivity index is 1.39. The molecule has 35 heavy (non-hydrogen) atoms. The third-order valence-corrected chi connectivity index (χ3v) is 5.77. The molecule has 1 heterocycles. The summed E-state index contributed by atoms with van der Waals surface area (Å²) in [5, 5.41) is 3.85. The summed E-state index contributed by atoms with van der Waals surface area (Å²) < 4.78 is 5.69. The van der Waals surface area contributed by atoms with E-state index in [1.807, 2.05) is 79.7 Å². The number of nitrogens with zero attached hydrogens (tertiary/aromatic N) is 1. The molecule has 0 saturated carbocycles. The predicted molar refractivity (Wildman–Crippen MR) is 138 cm³/mol. The van der Waals surface area contributed by atoms with Crippen molar-refractivity contribution < 1.29 is 14.3 Å². The van der Waals surface area contributed by atoms with Gasteiger partial charge in [0.2, 0.25) is 0 Å². The number of hydrogen-bond donors (Lipinski definition) is 1. The highest BCUT2D eigenvalue weighted by molar-refractivity contribution is 6.11. The molecule has 1 N–H and O–H groups in total. The van der Waals surface area contributed by atoms with Crippen LogP contribution < -0.4 is 10.1 Å². The Morgan fingerprint density at radius 1 is 0.743 bits per heavy atom. The van der Waals surface area contributed by atoms with Gasteiger partial charge in [-0.15, -0.1) is 0 Å². The number of benzene rings is 4. The Hall–Kier alpha value is -4.77. The van der Waals surface area contributed by atoms with Gasteiger partial charge >= 0.3 is 5.97 Å². The van der Waals surface area contributed by atoms with Crippen LogP contribution in [-0.4, -0.2) is 16.9 Å². The number of ether oxygens (including phenoxy) is 1. The number of esters is 1. The first-order valence-electron chi connectivity index (χ1n) is 11.2. The van der Waals surface area contributed by atoms with Crippen molar-refractivity contribution in [3.8, 4) is 16.9 Å². The van der Waals surface area contributed by atoms with E-state index in [1.54, 1.807) is 36.5 Å². The largest absolute Gasteiger partial charge is 0.422 e. The number of anilines is 1. The third-order valence-electron chi connectivity index (χ3n) is 5.77. The summed E-state index contributed by atoms with van der Waals surface area (Å²) in [6.07, 6.45) is 1.68. The molecule has 0 atom stereocenters. The van der Waals surface area contributed by atoms with Crippen LogP contribution >= 0.6 is 0 Å². The summed E-state index contributed by atoms with van der Waals surface area (Å²) in [5.41, 5.74) is 4.74. The summed E-state index contributed by atoms with van der Waals surface area (Å²) in [5.74, 6) is -0.701. The van der Waals surface area contributed by atoms with Crippen molar-refractivity contribution in [3.63, 3.8) is 0 Å². The Kier molecular flexibility index (Phi) is 6.05. The molecule has 5 aromatic rings. The molecule has 0 aliphatic carbocycles. The summed E-state index contributed by atoms with van der Waals surface area (Å²) in [6.45, 7) is 1.81. The van der Waals surface area contributed by atoms with Crippen molar-refractivity contribution in [2.24, 2.45) is 0 Å². The maximum absolute atomic E-state index is 13.3. The van der Waals surface area contributed by atoms with Gasteiger partial charge in [-0.05, 0) is 53.9 Å². The fourth-order valence-electron chi connectivity index (χ4n) is 3.99. The highest BCUT2D eigenvalue weighted by atomic mass is 16.5. The SMILES string of the molecule is Cc1cccc(OC(=O)c2ccc(-c3ccccc3)cc2)c1C(=O)Nc1cccc2cccnc12. The van der Waals surface area contributed by atoms with Crippen LogP contribution in [0.2, 0.25) is 0 Å². The molecular formula is C30H22N2O3. The quantitative estimate of drug-likeness (QED) is 0.236. The average molecular weight is 459 g/mol. The van der Waals surface area contributed by atoms with Crippen molar-refractivity contribution >= 4 is 28.5 Å². The van der Waals surface area contributed by atoms with E-state index in [0.29, 0.717) is 27.9 Å². The minimum Gasteiger partial charge on any atom is -0.422 e. The number of pyridine rings is 1. The molecule has 5 rings (SSSR count). The number of nitrogens with one attached hydrogen (secondary N) is 1. The first-order chi connectivity index (χ1) is 17.1. The molecule has 0 fully saturated rings. The molecular weight excluding hydrogens is 436 g/mol. The summed E-state index contributed by atoms with van der Waals surface area (Å²) in [4.78, 5) is 30.6. The van der Waals surface area contributed by atoms with E-state index in [4.69, 9.17) is 4.74 Å². The number of aromatic nitrogens is 1. The van der Waals surface area contributed by atoms with E-state index in [2.05, 4.69) is 10.3 Å². The van der Waals surface area contributed by atoms with Crippen LogP contribution in [0.15, 0.2) is 109 Å². The Bertz CT molecular complexity index is 1520. The van der Waals surface area contributed by atoms with Crippen LogP contribution in [0, 0.1) is 6.92 Å². The van der Waals surface area contributed by atoms with Gasteiger partial charge in [0, 0.05) is 11.6 Å². The number of hydrogen-bond acceptors (Lipinski definition) is 4. The molecule has 1 amide bonds. The number of amides is 1. The second kappa shape index (κ2) is 9.61. The molecule has 0 radical (unpaired) electrons. The number of para-hydroxylation sites is 1. The summed E-state index contributed by atoms with van der Waals surface area (Å²) in [7, 11) is 0. The van der Waals surface area contributed by atoms with E-state index in [-0.39, 0.29) is 11.7 Å². The van der Waals surface area contributed by atoms with Crippen molar-refractivity contribution in [2.75, 3.05) is 5.32 Å². The van der Waals surface area contributed by atoms with E-state index in [1.165, 1.54) is 0 Å². The van der Waals surface area contributed by atoms with Crippen LogP contribution in [0.25, 0.3) is 22.0 Å². The van der Waals surface area contributed by atoms with Gasteiger partial charge in [0.05, 0.1) is 22.3 Å². The van der Waals surface area contributed by atoms with Gasteiger partial charge in [-0.3, -0.25) is 9.78 Å². The first-order valence-corrected chi connectivity index (χ1v) is 11.2. The molecule has 5 heteroatoms. The molecule has 0 aliphatic heterocycles. The maximum atomic E-state index is 13.3. The standard InChI is InChI=1S/C30H22N2O3/c1-20-8-5-14-26(27(20)29(33)32-25-13-6-11-23-12-7-19-31-28(23)25)35-30(34)24-17-15-22(16-18-24)21-9-3-2-4-10-21/h2-19H,1H3,(H,32,33). The molecule has 0 saturated heterocycles. The number of carbonyl (C=O) groups is 2. The van der Waals surface area contributed by atoms with Gasteiger partial charge in [-0.1, -0.05) is 72.8 Å². The van der Waals surface area contributed by atoms with Crippen LogP contribution in [0.3, 0.4) is 0 Å². The normalized spacial score (nSPS) is 10.7. The molecule has 5 nitrogen and oxygen atoms in total. The van der Waals surface area contributed by atoms with Gasteiger partial charge in [0.1, 0.15) is 5.75 Å². The summed E-state index contributed by atoms with van der Waals surface area (Å²) >= 11 is 0. The highest BCUT2D eigenvalue weighted by Gasteiger charge is 2.20. The first kappa shape index (κ1) is 22.0. The lowest BCUT2D eigenvalue weighted by molar-refractivity contribution is 0.0733. The Morgan fingerprint density at radius 2 is 1.46 bits per heavy atom. The lowest BCUT2D eigenvalue weighted by atomic mass is 10.0. The predicted octanol–water partition coefficient (Wildman–Crippen LogP) is 6.68. The highest BCUT2D eigenvalue weighted by Crippen LogP contribution is 2.27. The van der Waals surface area contributed by atoms with Gasteiger partial charge in [0.15, 0.2) is 0 Å². The van der Waals surface area contributed by atoms with Crippen LogP contribution in [-0.2, 0) is 0 Å². The maximum Gasteiger partial charge on any atom is 0.343 e. The van der Waals surface area contributed by atoms with Gasteiger partial charge in [0.25, 0.3) is 5.91 Å². The number of rotatable bonds is 5. The number of fused-ring (bicyclic) bond motifs is 1. The molecule has 1 aromatic heterocycles. The molecule has 4 aromatic carbocycles.